The molecule has 0 unspecified atom stereocenters. The first-order valence-corrected chi connectivity index (χ1v) is 5.67. The van der Waals surface area contributed by atoms with E-state index in [1.165, 1.54) is 5.56 Å². The Kier molecular flexibility index (Phi) is 7.67. The summed E-state index contributed by atoms with van der Waals surface area (Å²) in [6, 6.07) is 7.98. The number of hydrogen-bond donors (Lipinski definition) is 1. The third-order valence-electron chi connectivity index (χ3n) is 1.62. The molecule has 4 nitrogen and oxygen atoms in total. The average Bonchev–Trinajstić information content (AvgIpc) is 2.88. The lowest BCUT2D eigenvalue weighted by Crippen LogP contribution is -1.81. The molecule has 0 aliphatic rings. The molecule has 1 N–H and O–H groups in total. The van der Waals surface area contributed by atoms with Crippen molar-refractivity contribution in [3.63, 3.8) is 0 Å². The SMILES string of the molecule is CC.CC.Cc1cccc(-c2nn[nH]n2)c1. The van der Waals surface area contributed by atoms with E-state index in [-0.39, 0.29) is 0 Å². The van der Waals surface area contributed by atoms with Gasteiger partial charge in [0.2, 0.25) is 5.82 Å². The lowest BCUT2D eigenvalue weighted by atomic mass is 10.1. The highest BCUT2D eigenvalue weighted by atomic mass is 15.5. The van der Waals surface area contributed by atoms with Gasteiger partial charge < -0.3 is 0 Å². The van der Waals surface area contributed by atoms with Crippen LogP contribution in [0.3, 0.4) is 0 Å². The Bertz CT molecular complexity index is 368. The Balaban J connectivity index is 0.000000509. The first-order chi connectivity index (χ1) is 7.86. The Morgan fingerprint density at radius 1 is 1.06 bits per heavy atom. The van der Waals surface area contributed by atoms with Gasteiger partial charge in [-0.3, -0.25) is 0 Å². The van der Waals surface area contributed by atoms with Crippen molar-refractivity contribution in [2.24, 2.45) is 0 Å². The van der Waals surface area contributed by atoms with Crippen LogP contribution in [0.2, 0.25) is 0 Å². The zero-order chi connectivity index (χ0) is 12.4. The van der Waals surface area contributed by atoms with E-state index < -0.39 is 0 Å². The van der Waals surface area contributed by atoms with Crippen LogP contribution in [0.1, 0.15) is 33.3 Å². The summed E-state index contributed by atoms with van der Waals surface area (Å²) in [7, 11) is 0. The van der Waals surface area contributed by atoms with Crippen LogP contribution in [-0.4, -0.2) is 20.6 Å². The van der Waals surface area contributed by atoms with Gasteiger partial charge in [0.25, 0.3) is 0 Å². The Morgan fingerprint density at radius 2 is 1.75 bits per heavy atom. The quantitative estimate of drug-likeness (QED) is 0.802. The monoisotopic (exact) mass is 220 g/mol. The molecule has 1 heterocycles. The molecule has 0 amide bonds. The average molecular weight is 220 g/mol. The molecular weight excluding hydrogens is 200 g/mol. The number of aryl methyl sites for hydroxylation is 1. The molecule has 2 rings (SSSR count). The van der Waals surface area contributed by atoms with Crippen molar-refractivity contribution in [2.75, 3.05) is 0 Å². The summed E-state index contributed by atoms with van der Waals surface area (Å²) in [6.45, 7) is 10.0. The number of aromatic amines is 1. The Morgan fingerprint density at radius 3 is 2.25 bits per heavy atom. The number of rotatable bonds is 1. The van der Waals surface area contributed by atoms with Gasteiger partial charge in [0.05, 0.1) is 0 Å². The molecule has 4 heteroatoms. The highest BCUT2D eigenvalue weighted by Gasteiger charge is 2.00. The minimum Gasteiger partial charge on any atom is -0.177 e. The lowest BCUT2D eigenvalue weighted by Gasteiger charge is -1.94. The normalized spacial score (nSPS) is 8.31. The van der Waals surface area contributed by atoms with E-state index in [9.17, 15) is 0 Å². The highest BCUT2D eigenvalue weighted by molar-refractivity contribution is 5.54. The van der Waals surface area contributed by atoms with E-state index in [0.29, 0.717) is 5.82 Å². The number of H-pyrrole nitrogens is 1. The van der Waals surface area contributed by atoms with Crippen LogP contribution in [0.25, 0.3) is 11.4 Å². The first kappa shape index (κ1) is 14.3. The van der Waals surface area contributed by atoms with Gasteiger partial charge in [0, 0.05) is 5.56 Å². The molecule has 0 saturated heterocycles. The maximum absolute atomic E-state index is 3.88. The lowest BCUT2D eigenvalue weighted by molar-refractivity contribution is 0.881. The van der Waals surface area contributed by atoms with Crippen molar-refractivity contribution in [3.8, 4) is 11.4 Å². The minimum absolute atomic E-state index is 0.638. The van der Waals surface area contributed by atoms with Gasteiger partial charge in [-0.25, -0.2) is 0 Å². The zero-order valence-electron chi connectivity index (χ0n) is 10.7. The molecule has 0 aliphatic heterocycles. The Hall–Kier alpha value is -1.71. The maximum Gasteiger partial charge on any atom is 0.204 e. The number of nitrogens with one attached hydrogen (secondary N) is 1. The molecule has 0 atom stereocenters. The van der Waals surface area contributed by atoms with Crippen LogP contribution in [0, 0.1) is 6.92 Å². The van der Waals surface area contributed by atoms with E-state index in [4.69, 9.17) is 0 Å². The van der Waals surface area contributed by atoms with Crippen molar-refractivity contribution < 1.29 is 0 Å². The molecule has 0 saturated carbocycles. The van der Waals surface area contributed by atoms with Crippen molar-refractivity contribution in [1.82, 2.24) is 20.6 Å². The van der Waals surface area contributed by atoms with Crippen molar-refractivity contribution in [2.45, 2.75) is 34.6 Å². The standard InChI is InChI=1S/C8H8N4.2C2H6/c1-6-3-2-4-7(5-6)8-9-11-12-10-8;2*1-2/h2-5H,1H3,(H,9,10,11,12);2*1-2H3. The smallest absolute Gasteiger partial charge is 0.177 e. The number of benzene rings is 1. The van der Waals surface area contributed by atoms with Gasteiger partial charge >= 0.3 is 0 Å². The molecule has 88 valence electrons. The van der Waals surface area contributed by atoms with E-state index in [1.54, 1.807) is 0 Å². The van der Waals surface area contributed by atoms with Crippen LogP contribution < -0.4 is 0 Å². The van der Waals surface area contributed by atoms with Crippen molar-refractivity contribution >= 4 is 0 Å². The molecule has 1 aromatic heterocycles. The maximum atomic E-state index is 3.88. The van der Waals surface area contributed by atoms with Gasteiger partial charge in [0.15, 0.2) is 0 Å². The minimum atomic E-state index is 0.638. The predicted octanol–water partition coefficient (Wildman–Crippen LogP) is 3.23. The highest BCUT2D eigenvalue weighted by Crippen LogP contribution is 2.13. The van der Waals surface area contributed by atoms with E-state index in [1.807, 2.05) is 58.9 Å². The Labute approximate surface area is 97.1 Å². The fourth-order valence-corrected chi connectivity index (χ4v) is 1.07. The van der Waals surface area contributed by atoms with Crippen LogP contribution in [0.5, 0.6) is 0 Å². The second-order valence-electron chi connectivity index (χ2n) is 2.60. The molecule has 0 bridgehead atoms. The summed E-state index contributed by atoms with van der Waals surface area (Å²) >= 11 is 0. The fraction of sp³-hybridized carbons (Fsp3) is 0.417. The molecule has 1 aromatic carbocycles. The van der Waals surface area contributed by atoms with Crippen molar-refractivity contribution in [3.05, 3.63) is 29.8 Å². The molecular formula is C12H20N4. The number of nitrogens with zero attached hydrogens (tertiary/aromatic N) is 3. The van der Waals surface area contributed by atoms with E-state index in [2.05, 4.69) is 20.6 Å². The van der Waals surface area contributed by atoms with Gasteiger partial charge in [-0.1, -0.05) is 51.5 Å². The van der Waals surface area contributed by atoms with Gasteiger partial charge in [-0.15, -0.1) is 10.2 Å². The van der Waals surface area contributed by atoms with Crippen LogP contribution in [0.15, 0.2) is 24.3 Å². The van der Waals surface area contributed by atoms with Gasteiger partial charge in [0.1, 0.15) is 0 Å². The summed E-state index contributed by atoms with van der Waals surface area (Å²) in [5.74, 6) is 0.638. The summed E-state index contributed by atoms with van der Waals surface area (Å²) in [5.41, 5.74) is 2.18. The molecule has 16 heavy (non-hydrogen) atoms. The molecule has 2 aromatic rings. The largest absolute Gasteiger partial charge is 0.204 e. The molecule has 0 aliphatic carbocycles. The van der Waals surface area contributed by atoms with Crippen molar-refractivity contribution in [1.29, 1.82) is 0 Å². The molecule has 0 radical (unpaired) electrons. The summed E-state index contributed by atoms with van der Waals surface area (Å²) in [6.07, 6.45) is 0. The van der Waals surface area contributed by atoms with Crippen LogP contribution >= 0.6 is 0 Å². The molecule has 0 fully saturated rings. The third kappa shape index (κ3) is 4.21. The summed E-state index contributed by atoms with van der Waals surface area (Å²) in [5, 5.41) is 13.7. The fourth-order valence-electron chi connectivity index (χ4n) is 1.07. The number of aromatic nitrogens is 4. The second kappa shape index (κ2) is 8.59. The second-order valence-corrected chi connectivity index (χ2v) is 2.60. The topological polar surface area (TPSA) is 54.5 Å². The van der Waals surface area contributed by atoms with E-state index in [0.717, 1.165) is 5.56 Å². The summed E-state index contributed by atoms with van der Waals surface area (Å²) in [4.78, 5) is 0. The number of hydrogen-bond acceptors (Lipinski definition) is 3. The third-order valence-corrected chi connectivity index (χ3v) is 1.62. The van der Waals surface area contributed by atoms with E-state index >= 15 is 0 Å². The summed E-state index contributed by atoms with van der Waals surface area (Å²) < 4.78 is 0. The zero-order valence-corrected chi connectivity index (χ0v) is 10.7. The van der Waals surface area contributed by atoms with Gasteiger partial charge in [-0.2, -0.15) is 5.21 Å². The number of tetrazole rings is 1. The van der Waals surface area contributed by atoms with Crippen LogP contribution in [-0.2, 0) is 0 Å². The predicted molar refractivity (Wildman–Crippen MR) is 67.0 cm³/mol. The first-order valence-electron chi connectivity index (χ1n) is 5.67. The molecule has 0 spiro atoms. The van der Waals surface area contributed by atoms with Crippen LogP contribution in [0.4, 0.5) is 0 Å². The van der Waals surface area contributed by atoms with Gasteiger partial charge in [-0.05, 0) is 18.2 Å².